The van der Waals surface area contributed by atoms with Crippen LogP contribution in [0.4, 0.5) is 4.79 Å². The van der Waals surface area contributed by atoms with Crippen LogP contribution in [-0.4, -0.2) is 32.4 Å². The molecule has 1 spiro atoms. The van der Waals surface area contributed by atoms with Crippen molar-refractivity contribution in [2.75, 3.05) is 6.54 Å². The molecule has 156 valence electrons. The van der Waals surface area contributed by atoms with Gasteiger partial charge in [-0.25, -0.2) is 17.9 Å². The molecule has 3 aromatic rings. The smallest absolute Gasteiger partial charge is 0.322 e. The number of furan rings is 1. The SMILES string of the molecule is O=C1NC(=O)C2(CCCC2CNS(=O)(=O)c2ccc(-c3cc4ccccc4o3)s2)N1. The number of thiophene rings is 1. The molecule has 0 bridgehead atoms. The number of benzene rings is 1. The van der Waals surface area contributed by atoms with E-state index in [0.717, 1.165) is 28.7 Å². The van der Waals surface area contributed by atoms with Gasteiger partial charge in [-0.1, -0.05) is 24.6 Å². The molecule has 2 fully saturated rings. The van der Waals surface area contributed by atoms with Crippen LogP contribution in [-0.2, 0) is 14.8 Å². The van der Waals surface area contributed by atoms with Crippen LogP contribution in [0.15, 0.2) is 51.1 Å². The minimum absolute atomic E-state index is 0.0773. The Hall–Kier alpha value is -2.69. The largest absolute Gasteiger partial charge is 0.455 e. The standard InChI is InChI=1S/C20H19N3O5S2/c24-18-20(23-19(25)22-18)9-3-5-13(20)11-21-30(26,27)17-8-7-16(29-17)15-10-12-4-1-2-6-14(12)28-15/h1-2,4,6-8,10,13,21H,3,5,9,11H2,(H2,22,23,24,25). The predicted octanol–water partition coefficient (Wildman–Crippen LogP) is 2.82. The molecule has 3 amide bonds. The third-order valence-electron chi connectivity index (χ3n) is 5.82. The Labute approximate surface area is 176 Å². The number of carbonyl (C=O) groups excluding carboxylic acids is 2. The van der Waals surface area contributed by atoms with E-state index in [-0.39, 0.29) is 22.6 Å². The van der Waals surface area contributed by atoms with Crippen LogP contribution in [0.5, 0.6) is 0 Å². The molecule has 3 heterocycles. The normalized spacial score (nSPS) is 23.9. The molecule has 1 aliphatic carbocycles. The lowest BCUT2D eigenvalue weighted by atomic mass is 9.87. The summed E-state index contributed by atoms with van der Waals surface area (Å²) in [5, 5.41) is 5.92. The second kappa shape index (κ2) is 6.93. The van der Waals surface area contributed by atoms with E-state index in [4.69, 9.17) is 4.42 Å². The number of amides is 3. The number of hydrogen-bond donors (Lipinski definition) is 3. The number of nitrogens with one attached hydrogen (secondary N) is 3. The fourth-order valence-corrected chi connectivity index (χ4v) is 6.69. The summed E-state index contributed by atoms with van der Waals surface area (Å²) >= 11 is 1.12. The van der Waals surface area contributed by atoms with Gasteiger partial charge in [-0.2, -0.15) is 0 Å². The first kappa shape index (κ1) is 19.3. The monoisotopic (exact) mass is 445 g/mol. The zero-order valence-electron chi connectivity index (χ0n) is 15.8. The molecule has 1 aliphatic heterocycles. The van der Waals surface area contributed by atoms with Crippen LogP contribution in [0.25, 0.3) is 21.6 Å². The van der Waals surface area contributed by atoms with Crippen LogP contribution in [0, 0.1) is 5.92 Å². The maximum absolute atomic E-state index is 12.8. The Kier molecular flexibility index (Phi) is 4.46. The van der Waals surface area contributed by atoms with Gasteiger partial charge in [-0.3, -0.25) is 10.1 Å². The lowest BCUT2D eigenvalue weighted by molar-refractivity contribution is -0.125. The number of hydrogen-bond acceptors (Lipinski definition) is 6. The van der Waals surface area contributed by atoms with E-state index in [1.165, 1.54) is 0 Å². The molecule has 2 unspecified atom stereocenters. The number of carbonyl (C=O) groups is 2. The van der Waals surface area contributed by atoms with Crippen molar-refractivity contribution in [3.8, 4) is 10.6 Å². The first-order chi connectivity index (χ1) is 14.4. The van der Waals surface area contributed by atoms with Gasteiger partial charge >= 0.3 is 6.03 Å². The highest BCUT2D eigenvalue weighted by molar-refractivity contribution is 7.91. The van der Waals surface area contributed by atoms with Crippen molar-refractivity contribution in [3.05, 3.63) is 42.5 Å². The zero-order chi connectivity index (χ0) is 20.9. The summed E-state index contributed by atoms with van der Waals surface area (Å²) in [7, 11) is -3.76. The highest BCUT2D eigenvalue weighted by atomic mass is 32.2. The number of fused-ring (bicyclic) bond motifs is 1. The highest BCUT2D eigenvalue weighted by Gasteiger charge is 2.54. The molecule has 2 aliphatic rings. The van der Waals surface area contributed by atoms with Crippen molar-refractivity contribution >= 4 is 44.3 Å². The Bertz CT molecular complexity index is 1230. The zero-order valence-corrected chi connectivity index (χ0v) is 17.4. The Morgan fingerprint density at radius 1 is 1.20 bits per heavy atom. The second-order valence-electron chi connectivity index (χ2n) is 7.59. The first-order valence-corrected chi connectivity index (χ1v) is 11.9. The van der Waals surface area contributed by atoms with Crippen molar-refractivity contribution in [2.45, 2.75) is 29.0 Å². The molecule has 0 radical (unpaired) electrons. The quantitative estimate of drug-likeness (QED) is 0.522. The van der Waals surface area contributed by atoms with Gasteiger partial charge in [0.1, 0.15) is 21.1 Å². The average Bonchev–Trinajstić information content (AvgIpc) is 3.47. The molecule has 1 saturated carbocycles. The Morgan fingerprint density at radius 2 is 2.03 bits per heavy atom. The summed E-state index contributed by atoms with van der Waals surface area (Å²) in [4.78, 5) is 24.6. The van der Waals surface area contributed by atoms with Gasteiger partial charge in [0.2, 0.25) is 10.0 Å². The molecule has 5 rings (SSSR count). The van der Waals surface area contributed by atoms with Crippen LogP contribution in [0.2, 0.25) is 0 Å². The van der Waals surface area contributed by atoms with Gasteiger partial charge in [0.15, 0.2) is 0 Å². The van der Waals surface area contributed by atoms with Gasteiger partial charge in [0, 0.05) is 17.8 Å². The van der Waals surface area contributed by atoms with Gasteiger partial charge in [0.05, 0.1) is 4.88 Å². The summed E-state index contributed by atoms with van der Waals surface area (Å²) in [6, 6.07) is 12.2. The van der Waals surface area contributed by atoms with Crippen molar-refractivity contribution in [1.29, 1.82) is 0 Å². The molecule has 1 saturated heterocycles. The highest BCUT2D eigenvalue weighted by Crippen LogP contribution is 2.38. The lowest BCUT2D eigenvalue weighted by Gasteiger charge is -2.28. The third-order valence-corrected chi connectivity index (χ3v) is 8.84. The van der Waals surface area contributed by atoms with Gasteiger partial charge in [-0.05, 0) is 37.1 Å². The van der Waals surface area contributed by atoms with Crippen LogP contribution in [0.3, 0.4) is 0 Å². The molecular formula is C20H19N3O5S2. The van der Waals surface area contributed by atoms with E-state index in [1.54, 1.807) is 12.1 Å². The minimum atomic E-state index is -3.76. The van der Waals surface area contributed by atoms with E-state index < -0.39 is 21.6 Å². The summed E-state index contributed by atoms with van der Waals surface area (Å²) < 4.78 is 34.3. The molecule has 2 aromatic heterocycles. The molecule has 10 heteroatoms. The maximum Gasteiger partial charge on any atom is 0.322 e. The van der Waals surface area contributed by atoms with Gasteiger partial charge < -0.3 is 9.73 Å². The molecular weight excluding hydrogens is 426 g/mol. The van der Waals surface area contributed by atoms with E-state index in [9.17, 15) is 18.0 Å². The van der Waals surface area contributed by atoms with Crippen molar-refractivity contribution in [1.82, 2.24) is 15.4 Å². The van der Waals surface area contributed by atoms with E-state index >= 15 is 0 Å². The fraction of sp³-hybridized carbons (Fsp3) is 0.300. The van der Waals surface area contributed by atoms with Gasteiger partial charge in [-0.15, -0.1) is 11.3 Å². The predicted molar refractivity (Wildman–Crippen MR) is 111 cm³/mol. The molecule has 2 atom stereocenters. The fourth-order valence-electron chi connectivity index (χ4n) is 4.30. The third kappa shape index (κ3) is 3.11. The van der Waals surface area contributed by atoms with Crippen molar-refractivity contribution in [3.63, 3.8) is 0 Å². The topological polar surface area (TPSA) is 118 Å². The second-order valence-corrected chi connectivity index (χ2v) is 10.7. The first-order valence-electron chi connectivity index (χ1n) is 9.59. The van der Waals surface area contributed by atoms with Crippen LogP contribution < -0.4 is 15.4 Å². The number of para-hydroxylation sites is 1. The van der Waals surface area contributed by atoms with Crippen molar-refractivity contribution in [2.24, 2.45) is 5.92 Å². The Balaban J connectivity index is 1.34. The molecule has 3 N–H and O–H groups in total. The minimum Gasteiger partial charge on any atom is -0.455 e. The summed E-state index contributed by atoms with van der Waals surface area (Å²) in [6.45, 7) is 0.0773. The van der Waals surface area contributed by atoms with Crippen molar-refractivity contribution < 1.29 is 22.4 Å². The lowest BCUT2D eigenvalue weighted by Crippen LogP contribution is -2.53. The number of rotatable bonds is 5. The Morgan fingerprint density at radius 3 is 2.80 bits per heavy atom. The number of imide groups is 1. The van der Waals surface area contributed by atoms with Gasteiger partial charge in [0.25, 0.3) is 5.91 Å². The summed E-state index contributed by atoms with van der Waals surface area (Å²) in [5.74, 6) is -0.0613. The summed E-state index contributed by atoms with van der Waals surface area (Å²) in [6.07, 6.45) is 1.91. The summed E-state index contributed by atoms with van der Waals surface area (Å²) in [5.41, 5.74) is -0.277. The van der Waals surface area contributed by atoms with Crippen LogP contribution in [0.1, 0.15) is 19.3 Å². The average molecular weight is 446 g/mol. The van der Waals surface area contributed by atoms with E-state index in [0.29, 0.717) is 23.5 Å². The van der Waals surface area contributed by atoms with Crippen LogP contribution >= 0.6 is 11.3 Å². The molecule has 30 heavy (non-hydrogen) atoms. The number of urea groups is 1. The van der Waals surface area contributed by atoms with E-state index in [1.807, 2.05) is 30.3 Å². The van der Waals surface area contributed by atoms with E-state index in [2.05, 4.69) is 15.4 Å². The number of sulfonamides is 1. The molecule has 1 aromatic carbocycles. The maximum atomic E-state index is 12.8. The molecule has 8 nitrogen and oxygen atoms in total.